The van der Waals surface area contributed by atoms with E-state index >= 15 is 0 Å². The highest BCUT2D eigenvalue weighted by Gasteiger charge is 2.16. The van der Waals surface area contributed by atoms with Gasteiger partial charge in [0, 0.05) is 26.1 Å². The van der Waals surface area contributed by atoms with Crippen LogP contribution in [-0.4, -0.2) is 53.9 Å². The summed E-state index contributed by atoms with van der Waals surface area (Å²) in [6, 6.07) is 0.475. The van der Waals surface area contributed by atoms with Crippen LogP contribution in [0.2, 0.25) is 0 Å². The normalized spacial score (nSPS) is 10.9. The first-order valence-electron chi connectivity index (χ1n) is 6.14. The molecule has 0 rings (SSSR count). The molecule has 0 fully saturated rings. The van der Waals surface area contributed by atoms with Crippen LogP contribution in [0.5, 0.6) is 0 Å². The molecule has 17 heavy (non-hydrogen) atoms. The summed E-state index contributed by atoms with van der Waals surface area (Å²) in [6.45, 7) is 5.35. The molecule has 5 heteroatoms. The van der Waals surface area contributed by atoms with Gasteiger partial charge in [-0.25, -0.2) is 0 Å². The van der Waals surface area contributed by atoms with E-state index in [4.69, 9.17) is 18.0 Å². The summed E-state index contributed by atoms with van der Waals surface area (Å²) < 4.78 is 0. The number of rotatable bonds is 8. The van der Waals surface area contributed by atoms with E-state index in [1.165, 1.54) is 0 Å². The molecule has 0 heterocycles. The van der Waals surface area contributed by atoms with Gasteiger partial charge in [0.15, 0.2) is 0 Å². The van der Waals surface area contributed by atoms with Crippen molar-refractivity contribution in [3.8, 4) is 0 Å². The minimum atomic E-state index is 0.121. The molecular formula is C12H25N3OS. The van der Waals surface area contributed by atoms with Crippen LogP contribution in [-0.2, 0) is 4.79 Å². The molecule has 0 aliphatic rings. The minimum absolute atomic E-state index is 0.121. The van der Waals surface area contributed by atoms with Gasteiger partial charge in [0.05, 0.1) is 11.5 Å². The molecular weight excluding hydrogens is 234 g/mol. The molecule has 0 aromatic heterocycles. The maximum atomic E-state index is 11.9. The molecule has 0 saturated carbocycles. The summed E-state index contributed by atoms with van der Waals surface area (Å²) in [7, 11) is 3.79. The van der Waals surface area contributed by atoms with Crippen molar-refractivity contribution in [2.75, 3.05) is 27.2 Å². The number of hydrogen-bond donors (Lipinski definition) is 1. The van der Waals surface area contributed by atoms with Gasteiger partial charge in [0.1, 0.15) is 0 Å². The molecule has 0 aromatic rings. The van der Waals surface area contributed by atoms with Crippen molar-refractivity contribution in [1.82, 2.24) is 9.80 Å². The van der Waals surface area contributed by atoms with Crippen LogP contribution in [0.25, 0.3) is 0 Å². The average Bonchev–Trinajstić information content (AvgIpc) is 2.27. The number of thiocarbonyl (C=S) groups is 1. The SMILES string of the molecule is CCC(CC)N(C)CC(=O)N(C)CCC(N)=S. The molecule has 0 spiro atoms. The highest BCUT2D eigenvalue weighted by atomic mass is 32.1. The Hall–Kier alpha value is -0.680. The molecule has 4 nitrogen and oxygen atoms in total. The van der Waals surface area contributed by atoms with Crippen molar-refractivity contribution in [3.05, 3.63) is 0 Å². The van der Waals surface area contributed by atoms with Gasteiger partial charge >= 0.3 is 0 Å². The third-order valence-electron chi connectivity index (χ3n) is 3.07. The number of carbonyl (C=O) groups is 1. The molecule has 0 bridgehead atoms. The largest absolute Gasteiger partial charge is 0.393 e. The van der Waals surface area contributed by atoms with Gasteiger partial charge in [0.2, 0.25) is 5.91 Å². The third kappa shape index (κ3) is 6.58. The fraction of sp³-hybridized carbons (Fsp3) is 0.833. The van der Waals surface area contributed by atoms with Crippen LogP contribution in [0.3, 0.4) is 0 Å². The van der Waals surface area contributed by atoms with E-state index in [2.05, 4.69) is 18.7 Å². The van der Waals surface area contributed by atoms with Gasteiger partial charge in [-0.1, -0.05) is 26.1 Å². The Labute approximate surface area is 110 Å². The highest BCUT2D eigenvalue weighted by molar-refractivity contribution is 7.80. The van der Waals surface area contributed by atoms with Gasteiger partial charge in [-0.2, -0.15) is 0 Å². The van der Waals surface area contributed by atoms with Crippen molar-refractivity contribution >= 4 is 23.1 Å². The van der Waals surface area contributed by atoms with Gasteiger partial charge in [-0.3, -0.25) is 9.69 Å². The number of nitrogens with two attached hydrogens (primary N) is 1. The molecule has 0 aromatic carbocycles. The molecule has 0 aliphatic carbocycles. The number of nitrogens with zero attached hydrogens (tertiary/aromatic N) is 2. The smallest absolute Gasteiger partial charge is 0.236 e. The maximum absolute atomic E-state index is 11.9. The highest BCUT2D eigenvalue weighted by Crippen LogP contribution is 2.06. The Kier molecular flexibility index (Phi) is 8.08. The molecule has 0 saturated heterocycles. The van der Waals surface area contributed by atoms with Gasteiger partial charge in [-0.15, -0.1) is 0 Å². The fourth-order valence-corrected chi connectivity index (χ4v) is 1.87. The van der Waals surface area contributed by atoms with Crippen molar-refractivity contribution in [2.45, 2.75) is 39.2 Å². The summed E-state index contributed by atoms with van der Waals surface area (Å²) in [5.41, 5.74) is 5.42. The van der Waals surface area contributed by atoms with Gasteiger partial charge < -0.3 is 10.6 Å². The second-order valence-corrected chi connectivity index (χ2v) is 4.94. The van der Waals surface area contributed by atoms with E-state index in [0.29, 0.717) is 30.5 Å². The molecule has 0 radical (unpaired) electrons. The van der Waals surface area contributed by atoms with Crippen LogP contribution in [0, 0.1) is 0 Å². The zero-order valence-corrected chi connectivity index (χ0v) is 12.2. The Morgan fingerprint density at radius 2 is 1.82 bits per heavy atom. The lowest BCUT2D eigenvalue weighted by Crippen LogP contribution is -2.41. The van der Waals surface area contributed by atoms with Crippen molar-refractivity contribution in [3.63, 3.8) is 0 Å². The first-order valence-corrected chi connectivity index (χ1v) is 6.55. The predicted octanol–water partition coefficient (Wildman–Crippen LogP) is 1.24. The second-order valence-electron chi connectivity index (χ2n) is 4.42. The van der Waals surface area contributed by atoms with Crippen LogP contribution in [0.15, 0.2) is 0 Å². The van der Waals surface area contributed by atoms with Crippen molar-refractivity contribution < 1.29 is 4.79 Å². The van der Waals surface area contributed by atoms with Gasteiger partial charge in [-0.05, 0) is 19.9 Å². The van der Waals surface area contributed by atoms with E-state index in [9.17, 15) is 4.79 Å². The molecule has 2 N–H and O–H groups in total. The Morgan fingerprint density at radius 3 is 2.24 bits per heavy atom. The predicted molar refractivity (Wildman–Crippen MR) is 76.0 cm³/mol. The lowest BCUT2D eigenvalue weighted by molar-refractivity contribution is -0.131. The van der Waals surface area contributed by atoms with E-state index in [-0.39, 0.29) is 5.91 Å². The fourth-order valence-electron chi connectivity index (χ4n) is 1.78. The van der Waals surface area contributed by atoms with Crippen LogP contribution >= 0.6 is 12.2 Å². The number of carbonyl (C=O) groups excluding carboxylic acids is 1. The number of hydrogen-bond acceptors (Lipinski definition) is 3. The standard InChI is InChI=1S/C12H25N3OS/c1-5-10(6-2)15(4)9-12(16)14(3)8-7-11(13)17/h10H,5-9H2,1-4H3,(H2,13,17). The summed E-state index contributed by atoms with van der Waals surface area (Å²) in [4.78, 5) is 16.2. The molecule has 0 aliphatic heterocycles. The monoisotopic (exact) mass is 259 g/mol. The van der Waals surface area contributed by atoms with Crippen molar-refractivity contribution in [2.24, 2.45) is 5.73 Å². The van der Waals surface area contributed by atoms with E-state index in [1.807, 2.05) is 7.05 Å². The molecule has 0 atom stereocenters. The zero-order valence-electron chi connectivity index (χ0n) is 11.4. The summed E-state index contributed by atoms with van der Waals surface area (Å²) in [5, 5.41) is 0. The number of amides is 1. The number of likely N-dealkylation sites (N-methyl/N-ethyl adjacent to an activating group) is 2. The van der Waals surface area contributed by atoms with Gasteiger partial charge in [0.25, 0.3) is 0 Å². The van der Waals surface area contributed by atoms with Crippen LogP contribution in [0.1, 0.15) is 33.1 Å². The Balaban J connectivity index is 4.10. The van der Waals surface area contributed by atoms with E-state index in [1.54, 1.807) is 11.9 Å². The summed E-state index contributed by atoms with van der Waals surface area (Å²) in [5.74, 6) is 0.121. The summed E-state index contributed by atoms with van der Waals surface area (Å²) in [6.07, 6.45) is 2.72. The van der Waals surface area contributed by atoms with Crippen molar-refractivity contribution in [1.29, 1.82) is 0 Å². The molecule has 100 valence electrons. The second kappa shape index (κ2) is 8.42. The first kappa shape index (κ1) is 16.3. The lowest BCUT2D eigenvalue weighted by Gasteiger charge is -2.27. The Morgan fingerprint density at radius 1 is 1.29 bits per heavy atom. The van der Waals surface area contributed by atoms with E-state index in [0.717, 1.165) is 12.8 Å². The molecule has 1 amide bonds. The zero-order chi connectivity index (χ0) is 13.4. The van der Waals surface area contributed by atoms with Crippen LogP contribution in [0.4, 0.5) is 0 Å². The lowest BCUT2D eigenvalue weighted by atomic mass is 10.1. The minimum Gasteiger partial charge on any atom is -0.393 e. The Bertz CT molecular complexity index is 254. The first-order chi connectivity index (χ1) is 7.92. The maximum Gasteiger partial charge on any atom is 0.236 e. The third-order valence-corrected chi connectivity index (χ3v) is 3.27. The van der Waals surface area contributed by atoms with E-state index < -0.39 is 0 Å². The average molecular weight is 259 g/mol. The summed E-state index contributed by atoms with van der Waals surface area (Å²) >= 11 is 4.80. The quantitative estimate of drug-likeness (QED) is 0.666. The molecule has 0 unspecified atom stereocenters. The van der Waals surface area contributed by atoms with Crippen LogP contribution < -0.4 is 5.73 Å². The topological polar surface area (TPSA) is 49.6 Å².